The van der Waals surface area contributed by atoms with E-state index in [9.17, 15) is 9.59 Å². The Kier molecular flexibility index (Phi) is 6.90. The van der Waals surface area contributed by atoms with Crippen LogP contribution < -0.4 is 10.6 Å². The van der Waals surface area contributed by atoms with E-state index in [-0.39, 0.29) is 5.56 Å². The fraction of sp³-hybridized carbons (Fsp3) is 0.286. The number of carboxylic acid groups (broad SMARTS) is 1. The summed E-state index contributed by atoms with van der Waals surface area (Å²) in [4.78, 5) is 22.6. The number of benzene rings is 1. The molecule has 0 saturated carbocycles. The van der Waals surface area contributed by atoms with Gasteiger partial charge in [-0.3, -0.25) is 0 Å². The van der Waals surface area contributed by atoms with Crippen molar-refractivity contribution in [3.63, 3.8) is 0 Å². The number of urea groups is 1. The molecular weight excluding hydrogens is 340 g/mol. The fourth-order valence-electron chi connectivity index (χ4n) is 1.44. The maximum Gasteiger partial charge on any atom is 0.335 e. The minimum Gasteiger partial charge on any atom is -0.478 e. The second-order valence-electron chi connectivity index (χ2n) is 4.42. The average Bonchev–Trinajstić information content (AvgIpc) is 2.37. The van der Waals surface area contributed by atoms with Crippen LogP contribution in [0.25, 0.3) is 0 Å². The highest BCUT2D eigenvalue weighted by Gasteiger charge is 2.08. The van der Waals surface area contributed by atoms with Crippen LogP contribution in [0.2, 0.25) is 0 Å². The van der Waals surface area contributed by atoms with Gasteiger partial charge < -0.3 is 20.5 Å². The first-order valence-electron chi connectivity index (χ1n) is 6.19. The zero-order valence-electron chi connectivity index (χ0n) is 11.6. The molecule has 0 spiro atoms. The summed E-state index contributed by atoms with van der Waals surface area (Å²) in [6.45, 7) is 6.73. The van der Waals surface area contributed by atoms with Gasteiger partial charge in [0.2, 0.25) is 0 Å². The van der Waals surface area contributed by atoms with Crippen LogP contribution in [0.1, 0.15) is 17.3 Å². The molecule has 0 unspecified atom stereocenters. The highest BCUT2D eigenvalue weighted by molar-refractivity contribution is 9.10. The largest absolute Gasteiger partial charge is 0.478 e. The molecule has 7 heteroatoms. The van der Waals surface area contributed by atoms with Crippen LogP contribution in [0, 0.1) is 0 Å². The molecule has 0 aliphatic rings. The standard InChI is InChI=1S/C14H17BrN2O4/c1-9(2)8-21-4-3-16-14(20)17-12-6-10(13(18)19)5-11(15)7-12/h5-7H,1,3-4,8H2,2H3,(H,18,19)(H2,16,17,20). The molecule has 0 radical (unpaired) electrons. The molecule has 1 aromatic carbocycles. The van der Waals surface area contributed by atoms with Gasteiger partial charge in [-0.2, -0.15) is 0 Å². The average molecular weight is 357 g/mol. The second-order valence-corrected chi connectivity index (χ2v) is 5.34. The van der Waals surface area contributed by atoms with Gasteiger partial charge in [0.15, 0.2) is 0 Å². The number of ether oxygens (including phenoxy) is 1. The Morgan fingerprint density at radius 2 is 2.10 bits per heavy atom. The number of carbonyl (C=O) groups excluding carboxylic acids is 1. The zero-order valence-corrected chi connectivity index (χ0v) is 13.2. The number of aromatic carboxylic acids is 1. The molecule has 1 rings (SSSR count). The molecule has 0 fully saturated rings. The second kappa shape index (κ2) is 8.43. The van der Waals surface area contributed by atoms with Crippen molar-refractivity contribution < 1.29 is 19.4 Å². The van der Waals surface area contributed by atoms with E-state index in [2.05, 4.69) is 33.1 Å². The number of anilines is 1. The molecule has 1 aromatic rings. The van der Waals surface area contributed by atoms with Crippen LogP contribution in [0.4, 0.5) is 10.5 Å². The van der Waals surface area contributed by atoms with Crippen LogP contribution in [-0.2, 0) is 4.74 Å². The molecule has 6 nitrogen and oxygen atoms in total. The van der Waals surface area contributed by atoms with Crippen molar-refractivity contribution in [1.29, 1.82) is 0 Å². The molecule has 0 heterocycles. The minimum atomic E-state index is -1.06. The van der Waals surface area contributed by atoms with Crippen LogP contribution >= 0.6 is 15.9 Å². The predicted octanol–water partition coefficient (Wildman–Crippen LogP) is 2.86. The van der Waals surface area contributed by atoms with Gasteiger partial charge in [0, 0.05) is 16.7 Å². The Balaban J connectivity index is 2.44. The lowest BCUT2D eigenvalue weighted by Gasteiger charge is -2.09. The summed E-state index contributed by atoms with van der Waals surface area (Å²) in [5.74, 6) is -1.06. The molecule has 0 aliphatic heterocycles. The normalized spacial score (nSPS) is 10.0. The summed E-state index contributed by atoms with van der Waals surface area (Å²) in [6.07, 6.45) is 0. The smallest absolute Gasteiger partial charge is 0.335 e. The number of hydrogen-bond donors (Lipinski definition) is 3. The lowest BCUT2D eigenvalue weighted by molar-refractivity contribution is 0.0697. The molecule has 0 aromatic heterocycles. The first-order valence-corrected chi connectivity index (χ1v) is 6.98. The summed E-state index contributed by atoms with van der Waals surface area (Å²) >= 11 is 3.19. The van der Waals surface area contributed by atoms with Crippen molar-refractivity contribution in [2.45, 2.75) is 6.92 Å². The Morgan fingerprint density at radius 3 is 2.71 bits per heavy atom. The number of rotatable bonds is 7. The van der Waals surface area contributed by atoms with Crippen molar-refractivity contribution in [1.82, 2.24) is 5.32 Å². The fourth-order valence-corrected chi connectivity index (χ4v) is 1.94. The molecule has 3 N–H and O–H groups in total. The van der Waals surface area contributed by atoms with Crippen LogP contribution in [0.15, 0.2) is 34.8 Å². The SMILES string of the molecule is C=C(C)COCCNC(=O)Nc1cc(Br)cc(C(=O)O)c1. The van der Waals surface area contributed by atoms with Gasteiger partial charge in [-0.05, 0) is 25.1 Å². The highest BCUT2D eigenvalue weighted by Crippen LogP contribution is 2.19. The number of carboxylic acids is 1. The monoisotopic (exact) mass is 356 g/mol. The van der Waals surface area contributed by atoms with Gasteiger partial charge in [0.1, 0.15) is 0 Å². The molecular formula is C14H17BrN2O4. The van der Waals surface area contributed by atoms with E-state index in [4.69, 9.17) is 9.84 Å². The molecule has 0 bridgehead atoms. The Hall–Kier alpha value is -1.86. The van der Waals surface area contributed by atoms with E-state index in [1.165, 1.54) is 12.1 Å². The Morgan fingerprint density at radius 1 is 1.38 bits per heavy atom. The van der Waals surface area contributed by atoms with Gasteiger partial charge >= 0.3 is 12.0 Å². The first-order chi connectivity index (χ1) is 9.88. The highest BCUT2D eigenvalue weighted by atomic mass is 79.9. The summed E-state index contributed by atoms with van der Waals surface area (Å²) in [6, 6.07) is 4.02. The lowest BCUT2D eigenvalue weighted by Crippen LogP contribution is -2.31. The number of hydrogen-bond acceptors (Lipinski definition) is 3. The Bertz CT molecular complexity index is 546. The number of nitrogens with one attached hydrogen (secondary N) is 2. The van der Waals surface area contributed by atoms with Crippen LogP contribution in [0.5, 0.6) is 0 Å². The van der Waals surface area contributed by atoms with E-state index in [1.54, 1.807) is 6.07 Å². The van der Waals surface area contributed by atoms with Crippen molar-refractivity contribution in [2.24, 2.45) is 0 Å². The van der Waals surface area contributed by atoms with Crippen molar-refractivity contribution >= 4 is 33.6 Å². The van der Waals surface area contributed by atoms with Gasteiger partial charge in [0.05, 0.1) is 18.8 Å². The third kappa shape index (κ3) is 6.92. The maximum absolute atomic E-state index is 11.6. The van der Waals surface area contributed by atoms with Crippen molar-refractivity contribution in [3.05, 3.63) is 40.4 Å². The quantitative estimate of drug-likeness (QED) is 0.517. The minimum absolute atomic E-state index is 0.0875. The zero-order chi connectivity index (χ0) is 15.8. The number of carbonyl (C=O) groups is 2. The van der Waals surface area contributed by atoms with Crippen LogP contribution in [-0.4, -0.2) is 36.9 Å². The van der Waals surface area contributed by atoms with Crippen LogP contribution in [0.3, 0.4) is 0 Å². The summed E-state index contributed by atoms with van der Waals surface area (Å²) in [5.41, 5.74) is 1.39. The first kappa shape index (κ1) is 17.2. The summed E-state index contributed by atoms with van der Waals surface area (Å²) in [7, 11) is 0. The molecule has 21 heavy (non-hydrogen) atoms. The van der Waals surface area contributed by atoms with Gasteiger partial charge in [-0.1, -0.05) is 28.1 Å². The Labute approximate surface area is 131 Å². The molecule has 0 atom stereocenters. The predicted molar refractivity (Wildman–Crippen MR) is 83.8 cm³/mol. The van der Waals surface area contributed by atoms with Crippen molar-refractivity contribution in [2.75, 3.05) is 25.1 Å². The number of amides is 2. The molecule has 114 valence electrons. The van der Waals surface area contributed by atoms with E-state index >= 15 is 0 Å². The van der Waals surface area contributed by atoms with E-state index in [0.29, 0.717) is 29.9 Å². The molecule has 2 amide bonds. The number of halogens is 1. The molecule has 0 saturated heterocycles. The van der Waals surface area contributed by atoms with Gasteiger partial charge in [-0.25, -0.2) is 9.59 Å². The van der Waals surface area contributed by atoms with Gasteiger partial charge in [0.25, 0.3) is 0 Å². The van der Waals surface area contributed by atoms with Gasteiger partial charge in [-0.15, -0.1) is 0 Å². The van der Waals surface area contributed by atoms with E-state index in [0.717, 1.165) is 5.57 Å². The topological polar surface area (TPSA) is 87.7 Å². The maximum atomic E-state index is 11.6. The lowest BCUT2D eigenvalue weighted by atomic mass is 10.2. The third-order valence-corrected chi connectivity index (χ3v) is 2.74. The molecule has 0 aliphatic carbocycles. The van der Waals surface area contributed by atoms with E-state index < -0.39 is 12.0 Å². The summed E-state index contributed by atoms with van der Waals surface area (Å²) < 4.78 is 5.81. The summed E-state index contributed by atoms with van der Waals surface area (Å²) in [5, 5.41) is 14.1. The third-order valence-electron chi connectivity index (χ3n) is 2.28. The van der Waals surface area contributed by atoms with E-state index in [1.807, 2.05) is 6.92 Å². The van der Waals surface area contributed by atoms with Crippen molar-refractivity contribution in [3.8, 4) is 0 Å².